The summed E-state index contributed by atoms with van der Waals surface area (Å²) in [6.45, 7) is 18.1. The SMILES string of the molecule is CCCCC(CCCC)(CCCC)[Si](C)(C)c1ncccc1CNC(=O)OC(C)(C)C. The minimum atomic E-state index is -1.94. The van der Waals surface area contributed by atoms with Gasteiger partial charge in [0.1, 0.15) is 13.7 Å². The molecule has 1 aromatic rings. The van der Waals surface area contributed by atoms with E-state index >= 15 is 0 Å². The molecule has 0 spiro atoms. The number of amides is 1. The van der Waals surface area contributed by atoms with Crippen molar-refractivity contribution in [3.8, 4) is 0 Å². The zero-order valence-electron chi connectivity index (χ0n) is 21.6. The van der Waals surface area contributed by atoms with Crippen LogP contribution in [0.1, 0.15) is 105 Å². The molecule has 1 N–H and O–H groups in total. The van der Waals surface area contributed by atoms with Crippen LogP contribution in [0.15, 0.2) is 18.3 Å². The number of aromatic nitrogens is 1. The summed E-state index contributed by atoms with van der Waals surface area (Å²) in [5.74, 6) is 0. The molecule has 0 saturated carbocycles. The van der Waals surface area contributed by atoms with E-state index in [1.165, 1.54) is 63.1 Å². The molecule has 1 rings (SSSR count). The third kappa shape index (κ3) is 8.25. The van der Waals surface area contributed by atoms with E-state index in [9.17, 15) is 4.79 Å². The highest BCUT2D eigenvalue weighted by Gasteiger charge is 2.47. The number of hydrogen-bond acceptors (Lipinski definition) is 3. The van der Waals surface area contributed by atoms with Gasteiger partial charge in [-0.2, -0.15) is 0 Å². The van der Waals surface area contributed by atoms with Crippen molar-refractivity contribution >= 4 is 19.5 Å². The quantitative estimate of drug-likeness (QED) is 0.321. The summed E-state index contributed by atoms with van der Waals surface area (Å²) in [6.07, 6.45) is 13.0. The highest BCUT2D eigenvalue weighted by Crippen LogP contribution is 2.51. The Morgan fingerprint density at radius 1 is 1.00 bits per heavy atom. The van der Waals surface area contributed by atoms with Gasteiger partial charge in [-0.1, -0.05) is 78.5 Å². The first-order chi connectivity index (χ1) is 14.5. The lowest BCUT2D eigenvalue weighted by Gasteiger charge is -2.47. The third-order valence-corrected chi connectivity index (χ3v) is 11.7. The van der Waals surface area contributed by atoms with Gasteiger partial charge in [0.2, 0.25) is 0 Å². The van der Waals surface area contributed by atoms with Crippen molar-refractivity contribution in [1.82, 2.24) is 10.3 Å². The number of pyridine rings is 1. The van der Waals surface area contributed by atoms with Crippen molar-refractivity contribution in [3.63, 3.8) is 0 Å². The van der Waals surface area contributed by atoms with Gasteiger partial charge in [0.15, 0.2) is 0 Å². The Balaban J connectivity index is 3.28. The van der Waals surface area contributed by atoms with Crippen molar-refractivity contribution in [2.24, 2.45) is 0 Å². The van der Waals surface area contributed by atoms with Crippen molar-refractivity contribution in [2.45, 2.75) is 130 Å². The number of ether oxygens (including phenoxy) is 1. The molecule has 0 saturated heterocycles. The van der Waals surface area contributed by atoms with Crippen LogP contribution in [0.2, 0.25) is 18.1 Å². The fourth-order valence-corrected chi connectivity index (χ4v) is 9.01. The molecule has 1 heterocycles. The Hall–Kier alpha value is -1.36. The summed E-state index contributed by atoms with van der Waals surface area (Å²) >= 11 is 0. The standard InChI is InChI=1S/C26H48N2O2Si/c1-9-12-17-26(18-13-10-2,19-14-11-3)31(7,8)23-22(16-15-20-27-23)21-28-24(29)30-25(4,5)6/h15-16,20H,9-14,17-19,21H2,1-8H3,(H,28,29). The van der Waals surface area contributed by atoms with E-state index in [1.807, 2.05) is 33.0 Å². The van der Waals surface area contributed by atoms with Gasteiger partial charge in [0.25, 0.3) is 0 Å². The van der Waals surface area contributed by atoms with Gasteiger partial charge in [-0.15, -0.1) is 0 Å². The van der Waals surface area contributed by atoms with Gasteiger partial charge in [-0.05, 0) is 56.7 Å². The van der Waals surface area contributed by atoms with E-state index in [-0.39, 0.29) is 6.09 Å². The third-order valence-electron chi connectivity index (χ3n) is 6.66. The largest absolute Gasteiger partial charge is 0.444 e. The van der Waals surface area contributed by atoms with Crippen LogP contribution in [0, 0.1) is 0 Å². The number of rotatable bonds is 13. The van der Waals surface area contributed by atoms with Gasteiger partial charge >= 0.3 is 6.09 Å². The molecular weight excluding hydrogens is 400 g/mol. The molecule has 4 nitrogen and oxygen atoms in total. The predicted octanol–water partition coefficient (Wildman–Crippen LogP) is 7.33. The van der Waals surface area contributed by atoms with E-state index < -0.39 is 13.7 Å². The molecule has 0 aliphatic carbocycles. The van der Waals surface area contributed by atoms with E-state index in [0.717, 1.165) is 5.56 Å². The van der Waals surface area contributed by atoms with Crippen LogP contribution in [0.5, 0.6) is 0 Å². The number of alkyl carbamates (subject to hydrolysis) is 1. The number of carbonyl (C=O) groups is 1. The number of hydrogen-bond donors (Lipinski definition) is 1. The first-order valence-electron chi connectivity index (χ1n) is 12.4. The summed E-state index contributed by atoms with van der Waals surface area (Å²) < 4.78 is 5.45. The molecule has 0 radical (unpaired) electrons. The van der Waals surface area contributed by atoms with Gasteiger partial charge in [-0.3, -0.25) is 4.98 Å². The van der Waals surface area contributed by atoms with E-state index in [0.29, 0.717) is 11.6 Å². The molecule has 0 aromatic carbocycles. The lowest BCUT2D eigenvalue weighted by molar-refractivity contribution is 0.0523. The lowest BCUT2D eigenvalue weighted by atomic mass is 9.89. The molecule has 0 atom stereocenters. The van der Waals surface area contributed by atoms with E-state index in [4.69, 9.17) is 9.72 Å². The second-order valence-corrected chi connectivity index (χ2v) is 15.4. The molecule has 0 unspecified atom stereocenters. The van der Waals surface area contributed by atoms with Crippen LogP contribution >= 0.6 is 0 Å². The second kappa shape index (κ2) is 12.6. The van der Waals surface area contributed by atoms with Gasteiger partial charge in [-0.25, -0.2) is 4.79 Å². The van der Waals surface area contributed by atoms with Crippen LogP contribution < -0.4 is 10.6 Å². The monoisotopic (exact) mass is 448 g/mol. The number of nitrogens with one attached hydrogen (secondary N) is 1. The van der Waals surface area contributed by atoms with Gasteiger partial charge in [0, 0.05) is 18.1 Å². The minimum Gasteiger partial charge on any atom is -0.444 e. The maximum Gasteiger partial charge on any atom is 0.407 e. The average molecular weight is 449 g/mol. The normalized spacial score (nSPS) is 12.6. The smallest absolute Gasteiger partial charge is 0.407 e. The number of nitrogens with zero attached hydrogens (tertiary/aromatic N) is 1. The Labute approximate surface area is 193 Å². The van der Waals surface area contributed by atoms with Crippen molar-refractivity contribution in [1.29, 1.82) is 0 Å². The molecule has 0 aliphatic rings. The fourth-order valence-electron chi connectivity index (χ4n) is 4.73. The van der Waals surface area contributed by atoms with E-state index in [1.54, 1.807) is 0 Å². The molecule has 0 bridgehead atoms. The van der Waals surface area contributed by atoms with Crippen LogP contribution in [0.4, 0.5) is 4.79 Å². The first-order valence-corrected chi connectivity index (χ1v) is 15.4. The summed E-state index contributed by atoms with van der Waals surface area (Å²) in [4.78, 5) is 17.2. The maximum absolute atomic E-state index is 12.3. The maximum atomic E-state index is 12.3. The minimum absolute atomic E-state index is 0.351. The van der Waals surface area contributed by atoms with Crippen molar-refractivity contribution in [2.75, 3.05) is 0 Å². The predicted molar refractivity (Wildman–Crippen MR) is 136 cm³/mol. The summed E-state index contributed by atoms with van der Waals surface area (Å²) in [5.41, 5.74) is 0.657. The number of unbranched alkanes of at least 4 members (excludes halogenated alkanes) is 3. The molecule has 178 valence electrons. The Morgan fingerprint density at radius 3 is 1.97 bits per heavy atom. The van der Waals surface area contributed by atoms with Crippen molar-refractivity contribution < 1.29 is 9.53 Å². The fraction of sp³-hybridized carbons (Fsp3) is 0.769. The lowest BCUT2D eigenvalue weighted by Crippen LogP contribution is -2.56. The summed E-state index contributed by atoms with van der Waals surface area (Å²) in [6, 6.07) is 4.13. The topological polar surface area (TPSA) is 51.2 Å². The van der Waals surface area contributed by atoms with Gasteiger partial charge < -0.3 is 10.1 Å². The van der Waals surface area contributed by atoms with Crippen molar-refractivity contribution in [3.05, 3.63) is 23.9 Å². The highest BCUT2D eigenvalue weighted by atomic mass is 28.3. The Kier molecular flexibility index (Phi) is 11.3. The second-order valence-electron chi connectivity index (χ2n) is 10.6. The van der Waals surface area contributed by atoms with Crippen LogP contribution in [-0.2, 0) is 11.3 Å². The van der Waals surface area contributed by atoms with Crippen LogP contribution in [-0.4, -0.2) is 24.8 Å². The van der Waals surface area contributed by atoms with Crippen LogP contribution in [0.25, 0.3) is 0 Å². The molecule has 5 heteroatoms. The molecule has 1 aromatic heterocycles. The molecule has 31 heavy (non-hydrogen) atoms. The Bertz CT molecular complexity index is 646. The van der Waals surface area contributed by atoms with E-state index in [2.05, 4.69) is 45.2 Å². The van der Waals surface area contributed by atoms with Gasteiger partial charge in [0.05, 0.1) is 0 Å². The summed E-state index contributed by atoms with van der Waals surface area (Å²) in [7, 11) is -1.94. The summed E-state index contributed by atoms with van der Waals surface area (Å²) in [5, 5.41) is 4.58. The van der Waals surface area contributed by atoms with Crippen LogP contribution in [0.3, 0.4) is 0 Å². The molecule has 0 fully saturated rings. The highest BCUT2D eigenvalue weighted by molar-refractivity contribution is 6.92. The zero-order valence-corrected chi connectivity index (χ0v) is 22.6. The first kappa shape index (κ1) is 27.7. The zero-order chi connectivity index (χ0) is 23.5. The Morgan fingerprint density at radius 2 is 1.52 bits per heavy atom. The molecular formula is C26H48N2O2Si. The molecule has 1 amide bonds. The molecule has 0 aliphatic heterocycles. The number of carbonyl (C=O) groups excluding carboxylic acids is 1. The average Bonchev–Trinajstić information content (AvgIpc) is 2.70.